The van der Waals surface area contributed by atoms with Crippen LogP contribution in [0.15, 0.2) is 36.4 Å². The molecule has 148 valence electrons. The van der Waals surface area contributed by atoms with Crippen molar-refractivity contribution in [3.8, 4) is 17.2 Å². The van der Waals surface area contributed by atoms with E-state index in [-0.39, 0.29) is 23.6 Å². The molecular weight excluding hydrogens is 361 g/mol. The van der Waals surface area contributed by atoms with E-state index in [9.17, 15) is 9.18 Å². The topological polar surface area (TPSA) is 48.0 Å². The molecule has 2 aliphatic rings. The highest BCUT2D eigenvalue weighted by molar-refractivity contribution is 5.76. The van der Waals surface area contributed by atoms with Crippen molar-refractivity contribution in [1.29, 1.82) is 0 Å². The Morgan fingerprint density at radius 3 is 2.46 bits per heavy atom. The highest BCUT2D eigenvalue weighted by Gasteiger charge is 2.31. The summed E-state index contributed by atoms with van der Waals surface area (Å²) in [6.45, 7) is 5.80. The molecule has 0 radical (unpaired) electrons. The summed E-state index contributed by atoms with van der Waals surface area (Å²) < 4.78 is 31.3. The summed E-state index contributed by atoms with van der Waals surface area (Å²) in [5.41, 5.74) is 1.63. The third-order valence-corrected chi connectivity index (χ3v) is 5.15. The van der Waals surface area contributed by atoms with Crippen LogP contribution in [0.4, 0.5) is 10.1 Å². The fraction of sp³-hybridized carbons (Fsp3) is 0.409. The number of fused-ring (bicyclic) bond motifs is 1. The van der Waals surface area contributed by atoms with Gasteiger partial charge in [0.15, 0.2) is 11.5 Å². The van der Waals surface area contributed by atoms with E-state index in [1.165, 1.54) is 6.07 Å². The first kappa shape index (κ1) is 18.6. The Labute approximate surface area is 164 Å². The van der Waals surface area contributed by atoms with Gasteiger partial charge in [0.1, 0.15) is 36.7 Å². The third-order valence-electron chi connectivity index (χ3n) is 5.15. The molecule has 2 aromatic carbocycles. The van der Waals surface area contributed by atoms with E-state index in [4.69, 9.17) is 14.2 Å². The second-order valence-electron chi connectivity index (χ2n) is 7.47. The van der Waals surface area contributed by atoms with E-state index in [1.807, 2.05) is 36.1 Å². The van der Waals surface area contributed by atoms with Crippen molar-refractivity contribution >= 4 is 11.5 Å². The minimum atomic E-state index is -0.313. The van der Waals surface area contributed by atoms with Crippen LogP contribution in [0.25, 0.3) is 0 Å². The zero-order chi connectivity index (χ0) is 19.7. The molecule has 6 heteroatoms. The molecule has 0 bridgehead atoms. The molecule has 0 saturated carbocycles. The molecule has 0 spiro atoms. The molecular formula is C22H24FNO4. The lowest BCUT2D eigenvalue weighted by molar-refractivity contribution is -0.117. The highest BCUT2D eigenvalue weighted by Crippen LogP contribution is 2.38. The van der Waals surface area contributed by atoms with Crippen LogP contribution in [0.1, 0.15) is 31.7 Å². The molecule has 0 unspecified atom stereocenters. The van der Waals surface area contributed by atoms with Crippen molar-refractivity contribution in [2.75, 3.05) is 31.2 Å². The maximum absolute atomic E-state index is 14.4. The minimum absolute atomic E-state index is 0.00749. The third kappa shape index (κ3) is 3.91. The molecule has 2 aromatic rings. The van der Waals surface area contributed by atoms with Gasteiger partial charge in [0, 0.05) is 18.6 Å². The second-order valence-corrected chi connectivity index (χ2v) is 7.47. The first-order chi connectivity index (χ1) is 13.5. The van der Waals surface area contributed by atoms with Gasteiger partial charge in [-0.05, 0) is 30.5 Å². The quantitative estimate of drug-likeness (QED) is 0.754. The Bertz CT molecular complexity index is 862. The molecule has 0 N–H and O–H groups in total. The van der Waals surface area contributed by atoms with Gasteiger partial charge in [0.2, 0.25) is 0 Å². The summed E-state index contributed by atoms with van der Waals surface area (Å²) in [6.07, 6.45) is 0.548. The van der Waals surface area contributed by atoms with Gasteiger partial charge in [-0.25, -0.2) is 4.39 Å². The van der Waals surface area contributed by atoms with Crippen LogP contribution in [0.2, 0.25) is 0 Å². The number of anilines is 1. The minimum Gasteiger partial charge on any atom is -0.487 e. The van der Waals surface area contributed by atoms with Crippen LogP contribution in [0.5, 0.6) is 17.2 Å². The average molecular weight is 385 g/mol. The van der Waals surface area contributed by atoms with E-state index < -0.39 is 0 Å². The summed E-state index contributed by atoms with van der Waals surface area (Å²) in [6, 6.07) is 10.9. The monoisotopic (exact) mass is 385 g/mol. The molecule has 0 aromatic heterocycles. The van der Waals surface area contributed by atoms with E-state index in [0.717, 1.165) is 11.3 Å². The van der Waals surface area contributed by atoms with Crippen LogP contribution < -0.4 is 19.1 Å². The summed E-state index contributed by atoms with van der Waals surface area (Å²) >= 11 is 0. The Hall–Kier alpha value is -2.76. The average Bonchev–Trinajstić information content (AvgIpc) is 2.64. The van der Waals surface area contributed by atoms with Crippen LogP contribution in [-0.4, -0.2) is 38.2 Å². The summed E-state index contributed by atoms with van der Waals surface area (Å²) in [5.74, 6) is 1.90. The Kier molecular flexibility index (Phi) is 5.11. The zero-order valence-electron chi connectivity index (χ0n) is 16.1. The van der Waals surface area contributed by atoms with Crippen LogP contribution in [0, 0.1) is 5.82 Å². The molecule has 0 amide bonds. The first-order valence-electron chi connectivity index (χ1n) is 9.59. The predicted octanol–water partition coefficient (Wildman–Crippen LogP) is 3.95. The van der Waals surface area contributed by atoms with Gasteiger partial charge < -0.3 is 23.9 Å². The summed E-state index contributed by atoms with van der Waals surface area (Å²) in [5, 5.41) is 0. The van der Waals surface area contributed by atoms with E-state index in [1.54, 1.807) is 13.0 Å². The molecule has 1 saturated heterocycles. The number of hydrogen-bond acceptors (Lipinski definition) is 5. The Morgan fingerprint density at radius 1 is 1.18 bits per heavy atom. The van der Waals surface area contributed by atoms with Gasteiger partial charge in [-0.1, -0.05) is 19.1 Å². The van der Waals surface area contributed by atoms with Crippen LogP contribution >= 0.6 is 0 Å². The van der Waals surface area contributed by atoms with Crippen LogP contribution in [-0.2, 0) is 4.79 Å². The number of ketones is 1. The molecule has 2 heterocycles. The fourth-order valence-corrected chi connectivity index (χ4v) is 3.62. The molecule has 2 aliphatic heterocycles. The molecule has 0 aliphatic carbocycles. The number of ether oxygens (including phenoxy) is 3. The van der Waals surface area contributed by atoms with Crippen molar-refractivity contribution in [2.45, 2.75) is 32.3 Å². The number of rotatable bonds is 6. The number of carbonyl (C=O) groups excluding carboxylic acids is 1. The molecule has 5 nitrogen and oxygen atoms in total. The number of Topliss-reactive ketones (excluding diaryl/α,β-unsaturated/α-hetero) is 1. The van der Waals surface area contributed by atoms with Crippen molar-refractivity contribution in [2.24, 2.45) is 0 Å². The number of nitrogens with zero attached hydrogens (tertiary/aromatic N) is 1. The van der Waals surface area contributed by atoms with Crippen molar-refractivity contribution in [3.63, 3.8) is 0 Å². The number of hydrogen-bond donors (Lipinski definition) is 0. The maximum atomic E-state index is 14.4. The summed E-state index contributed by atoms with van der Waals surface area (Å²) in [7, 11) is 0. The Morgan fingerprint density at radius 2 is 1.82 bits per heavy atom. The molecule has 1 fully saturated rings. The lowest BCUT2D eigenvalue weighted by Gasteiger charge is -2.41. The zero-order valence-corrected chi connectivity index (χ0v) is 16.1. The number of halogens is 1. The van der Waals surface area contributed by atoms with Crippen molar-refractivity contribution < 1.29 is 23.4 Å². The fourth-order valence-electron chi connectivity index (χ4n) is 3.62. The smallest absolute Gasteiger partial charge is 0.164 e. The normalized spacial score (nSPS) is 17.0. The van der Waals surface area contributed by atoms with Gasteiger partial charge in [0.25, 0.3) is 0 Å². The molecule has 4 rings (SSSR count). The maximum Gasteiger partial charge on any atom is 0.164 e. The van der Waals surface area contributed by atoms with Gasteiger partial charge in [-0.15, -0.1) is 0 Å². The highest BCUT2D eigenvalue weighted by atomic mass is 19.1. The number of carbonyl (C=O) groups is 1. The van der Waals surface area contributed by atoms with Gasteiger partial charge >= 0.3 is 0 Å². The van der Waals surface area contributed by atoms with Gasteiger partial charge in [-0.2, -0.15) is 0 Å². The number of benzene rings is 2. The van der Waals surface area contributed by atoms with Crippen molar-refractivity contribution in [3.05, 3.63) is 47.8 Å². The van der Waals surface area contributed by atoms with E-state index in [2.05, 4.69) is 0 Å². The SMILES string of the molecule is CC(=O)C[C@@H](C)c1ccc(OC2CN(c3cc4c(cc3F)OCCO4)C2)cc1. The lowest BCUT2D eigenvalue weighted by Crippen LogP contribution is -2.54. The molecule has 1 atom stereocenters. The standard InChI is InChI=1S/C22H24FNO4/c1-14(9-15(2)25)16-3-5-17(6-4-16)28-18-12-24(13-18)20-11-22-21(10-19(20)23)26-7-8-27-22/h3-6,10-11,14,18H,7-9,12-13H2,1-2H3/t14-/m1/s1. The molecule has 28 heavy (non-hydrogen) atoms. The lowest BCUT2D eigenvalue weighted by atomic mass is 9.96. The van der Waals surface area contributed by atoms with E-state index >= 15 is 0 Å². The Balaban J connectivity index is 1.34. The summed E-state index contributed by atoms with van der Waals surface area (Å²) in [4.78, 5) is 13.2. The van der Waals surface area contributed by atoms with Crippen LogP contribution in [0.3, 0.4) is 0 Å². The first-order valence-corrected chi connectivity index (χ1v) is 9.59. The largest absolute Gasteiger partial charge is 0.487 e. The van der Waals surface area contributed by atoms with Gasteiger partial charge in [0.05, 0.1) is 18.8 Å². The predicted molar refractivity (Wildman–Crippen MR) is 104 cm³/mol. The van der Waals surface area contributed by atoms with E-state index in [0.29, 0.717) is 49.9 Å². The second kappa shape index (κ2) is 7.70. The van der Waals surface area contributed by atoms with Crippen molar-refractivity contribution in [1.82, 2.24) is 0 Å². The van der Waals surface area contributed by atoms with Gasteiger partial charge in [-0.3, -0.25) is 0 Å².